The van der Waals surface area contributed by atoms with E-state index in [1.54, 1.807) is 13.1 Å². The van der Waals surface area contributed by atoms with Gasteiger partial charge in [-0.15, -0.1) is 0 Å². The van der Waals surface area contributed by atoms with E-state index in [4.69, 9.17) is 10.5 Å². The van der Waals surface area contributed by atoms with Crippen molar-refractivity contribution in [1.82, 2.24) is 20.2 Å². The molecule has 1 unspecified atom stereocenters. The van der Waals surface area contributed by atoms with Crippen LogP contribution in [0, 0.1) is 6.92 Å². The first-order chi connectivity index (χ1) is 9.10. The number of nitrogens with two attached hydrogens (primary N) is 1. The highest BCUT2D eigenvalue weighted by Crippen LogP contribution is 2.12. The average Bonchev–Trinajstić information content (AvgIpc) is 2.37. The summed E-state index contributed by atoms with van der Waals surface area (Å²) in [6.07, 6.45) is 0. The largest absolute Gasteiger partial charge is 0.384 e. The summed E-state index contributed by atoms with van der Waals surface area (Å²) in [5, 5.41) is 2.65. The third-order valence-corrected chi connectivity index (χ3v) is 3.05. The van der Waals surface area contributed by atoms with Crippen molar-refractivity contribution in [3.8, 4) is 0 Å². The second-order valence-corrected chi connectivity index (χ2v) is 4.53. The standard InChI is InChI=1S/C12H19N5O2/c1-8-5-10(13)16-11(15-8)6-17-3-4-19-7-9(17)12(18)14-2/h5,9H,3-4,6-7H2,1-2H3,(H,14,18)(H2,13,15,16). The summed E-state index contributed by atoms with van der Waals surface area (Å²) < 4.78 is 5.35. The van der Waals surface area contributed by atoms with Gasteiger partial charge in [-0.2, -0.15) is 0 Å². The van der Waals surface area contributed by atoms with Crippen molar-refractivity contribution in [2.75, 3.05) is 32.5 Å². The second-order valence-electron chi connectivity index (χ2n) is 4.53. The fourth-order valence-corrected chi connectivity index (χ4v) is 2.14. The molecular weight excluding hydrogens is 246 g/mol. The number of amides is 1. The molecule has 1 aliphatic rings. The van der Waals surface area contributed by atoms with Crippen molar-refractivity contribution in [1.29, 1.82) is 0 Å². The highest BCUT2D eigenvalue weighted by atomic mass is 16.5. The molecular formula is C12H19N5O2. The lowest BCUT2D eigenvalue weighted by Crippen LogP contribution is -2.52. The van der Waals surface area contributed by atoms with E-state index in [-0.39, 0.29) is 11.9 Å². The van der Waals surface area contributed by atoms with E-state index < -0.39 is 0 Å². The molecule has 1 aliphatic heterocycles. The van der Waals surface area contributed by atoms with Crippen molar-refractivity contribution in [3.63, 3.8) is 0 Å². The molecule has 1 saturated heterocycles. The Morgan fingerprint density at radius 2 is 2.42 bits per heavy atom. The van der Waals surface area contributed by atoms with Crippen LogP contribution in [0.3, 0.4) is 0 Å². The van der Waals surface area contributed by atoms with E-state index >= 15 is 0 Å². The first kappa shape index (κ1) is 13.7. The average molecular weight is 265 g/mol. The van der Waals surface area contributed by atoms with Gasteiger partial charge in [-0.1, -0.05) is 0 Å². The maximum atomic E-state index is 11.8. The molecule has 7 nitrogen and oxygen atoms in total. The summed E-state index contributed by atoms with van der Waals surface area (Å²) in [5.74, 6) is 1.03. The maximum Gasteiger partial charge on any atom is 0.239 e. The summed E-state index contributed by atoms with van der Waals surface area (Å²) in [6.45, 7) is 4.04. The van der Waals surface area contributed by atoms with Gasteiger partial charge in [-0.05, 0) is 6.92 Å². The van der Waals surface area contributed by atoms with Crippen LogP contribution in [0.2, 0.25) is 0 Å². The summed E-state index contributed by atoms with van der Waals surface area (Å²) in [5.41, 5.74) is 6.54. The maximum absolute atomic E-state index is 11.8. The Balaban J connectivity index is 2.12. The predicted molar refractivity (Wildman–Crippen MR) is 70.3 cm³/mol. The molecule has 1 amide bonds. The van der Waals surface area contributed by atoms with Gasteiger partial charge in [-0.3, -0.25) is 9.69 Å². The van der Waals surface area contributed by atoms with Crippen LogP contribution in [-0.2, 0) is 16.1 Å². The first-order valence-corrected chi connectivity index (χ1v) is 6.23. The van der Waals surface area contributed by atoms with Crippen LogP contribution in [0.1, 0.15) is 11.5 Å². The second kappa shape index (κ2) is 5.94. The third-order valence-electron chi connectivity index (χ3n) is 3.05. The Morgan fingerprint density at radius 3 is 3.11 bits per heavy atom. The lowest BCUT2D eigenvalue weighted by Gasteiger charge is -2.33. The van der Waals surface area contributed by atoms with Gasteiger partial charge in [0.1, 0.15) is 17.7 Å². The molecule has 2 heterocycles. The molecule has 1 aromatic heterocycles. The van der Waals surface area contributed by atoms with Gasteiger partial charge in [0, 0.05) is 25.4 Å². The number of ether oxygens (including phenoxy) is 1. The van der Waals surface area contributed by atoms with Crippen LogP contribution in [0.5, 0.6) is 0 Å². The molecule has 1 aromatic rings. The Bertz CT molecular complexity index is 445. The van der Waals surface area contributed by atoms with Crippen LogP contribution >= 0.6 is 0 Å². The number of anilines is 1. The van der Waals surface area contributed by atoms with Crippen LogP contribution in [-0.4, -0.2) is 53.6 Å². The lowest BCUT2D eigenvalue weighted by molar-refractivity contribution is -0.132. The fraction of sp³-hybridized carbons (Fsp3) is 0.583. The van der Waals surface area contributed by atoms with Crippen LogP contribution < -0.4 is 11.1 Å². The van der Waals surface area contributed by atoms with Gasteiger partial charge < -0.3 is 15.8 Å². The van der Waals surface area contributed by atoms with Gasteiger partial charge in [0.15, 0.2) is 0 Å². The summed E-state index contributed by atoms with van der Waals surface area (Å²) in [6, 6.07) is 1.42. The normalized spacial score (nSPS) is 20.2. The minimum Gasteiger partial charge on any atom is -0.384 e. The number of likely N-dealkylation sites (N-methyl/N-ethyl adjacent to an activating group) is 1. The molecule has 1 atom stereocenters. The highest BCUT2D eigenvalue weighted by Gasteiger charge is 2.29. The van der Waals surface area contributed by atoms with Crippen molar-refractivity contribution >= 4 is 11.7 Å². The minimum absolute atomic E-state index is 0.0553. The quantitative estimate of drug-likeness (QED) is 0.751. The van der Waals surface area contributed by atoms with Gasteiger partial charge in [0.25, 0.3) is 0 Å². The summed E-state index contributed by atoms with van der Waals surface area (Å²) in [4.78, 5) is 22.4. The number of carbonyl (C=O) groups is 1. The van der Waals surface area contributed by atoms with Crippen LogP contribution in [0.15, 0.2) is 6.07 Å². The molecule has 0 saturated carbocycles. The smallest absolute Gasteiger partial charge is 0.239 e. The van der Waals surface area contributed by atoms with Crippen LogP contribution in [0.25, 0.3) is 0 Å². The number of hydrogen-bond donors (Lipinski definition) is 2. The third kappa shape index (κ3) is 3.39. The fourth-order valence-electron chi connectivity index (χ4n) is 2.14. The van der Waals surface area contributed by atoms with E-state index in [2.05, 4.69) is 15.3 Å². The topological polar surface area (TPSA) is 93.4 Å². The molecule has 2 rings (SSSR count). The Hall–Kier alpha value is -1.73. The zero-order valence-corrected chi connectivity index (χ0v) is 11.2. The molecule has 0 aromatic carbocycles. The molecule has 7 heteroatoms. The summed E-state index contributed by atoms with van der Waals surface area (Å²) in [7, 11) is 1.62. The van der Waals surface area contributed by atoms with E-state index in [9.17, 15) is 4.79 Å². The van der Waals surface area contributed by atoms with Crippen molar-refractivity contribution in [2.45, 2.75) is 19.5 Å². The molecule has 1 fully saturated rings. The number of morpholine rings is 1. The number of aromatic nitrogens is 2. The number of aryl methyl sites for hydroxylation is 1. The van der Waals surface area contributed by atoms with Crippen LogP contribution in [0.4, 0.5) is 5.82 Å². The van der Waals surface area contributed by atoms with E-state index in [0.717, 1.165) is 5.69 Å². The molecule has 3 N–H and O–H groups in total. The number of rotatable bonds is 3. The zero-order valence-electron chi connectivity index (χ0n) is 11.2. The highest BCUT2D eigenvalue weighted by molar-refractivity contribution is 5.81. The number of nitrogens with zero attached hydrogens (tertiary/aromatic N) is 3. The van der Waals surface area contributed by atoms with Crippen molar-refractivity contribution < 1.29 is 9.53 Å². The Kier molecular flexibility index (Phi) is 4.28. The van der Waals surface area contributed by atoms with E-state index in [1.165, 1.54) is 0 Å². The molecule has 0 spiro atoms. The SMILES string of the molecule is CNC(=O)C1COCCN1Cc1nc(C)cc(N)n1. The Labute approximate surface area is 112 Å². The minimum atomic E-state index is -0.302. The Morgan fingerprint density at radius 1 is 1.63 bits per heavy atom. The molecule has 0 aliphatic carbocycles. The zero-order chi connectivity index (χ0) is 13.8. The molecule has 104 valence electrons. The lowest BCUT2D eigenvalue weighted by atomic mass is 10.2. The van der Waals surface area contributed by atoms with E-state index in [0.29, 0.717) is 37.9 Å². The van der Waals surface area contributed by atoms with Crippen molar-refractivity contribution in [3.05, 3.63) is 17.6 Å². The number of hydrogen-bond acceptors (Lipinski definition) is 6. The van der Waals surface area contributed by atoms with Gasteiger partial charge in [-0.25, -0.2) is 9.97 Å². The number of nitrogen functional groups attached to an aromatic ring is 1. The number of carbonyl (C=O) groups excluding carboxylic acids is 1. The van der Waals surface area contributed by atoms with Gasteiger partial charge in [0.05, 0.1) is 19.8 Å². The molecule has 0 bridgehead atoms. The predicted octanol–water partition coefficient (Wildman–Crippen LogP) is -0.686. The van der Waals surface area contributed by atoms with E-state index in [1.807, 2.05) is 11.8 Å². The summed E-state index contributed by atoms with van der Waals surface area (Å²) >= 11 is 0. The molecule has 19 heavy (non-hydrogen) atoms. The van der Waals surface area contributed by atoms with Gasteiger partial charge >= 0.3 is 0 Å². The molecule has 0 radical (unpaired) electrons. The van der Waals surface area contributed by atoms with Gasteiger partial charge in [0.2, 0.25) is 5.91 Å². The number of nitrogens with one attached hydrogen (secondary N) is 1. The monoisotopic (exact) mass is 265 g/mol. The van der Waals surface area contributed by atoms with Crippen molar-refractivity contribution in [2.24, 2.45) is 0 Å². The first-order valence-electron chi connectivity index (χ1n) is 6.23.